The van der Waals surface area contributed by atoms with Crippen LogP contribution in [0.4, 0.5) is 5.69 Å². The standard InChI is InChI=1S/C15H22N2/c1-17-9-3-5-14-13(4-2-6-15(14)17)10-12-7-8-16-11-12/h2,4,6,12,16H,3,5,7-11H2,1H3. The second-order valence-corrected chi connectivity index (χ2v) is 5.50. The zero-order valence-electron chi connectivity index (χ0n) is 10.7. The zero-order valence-corrected chi connectivity index (χ0v) is 10.7. The normalized spacial score (nSPS) is 23.8. The van der Waals surface area contributed by atoms with Crippen LogP contribution in [0.1, 0.15) is 24.0 Å². The fraction of sp³-hybridized carbons (Fsp3) is 0.600. The summed E-state index contributed by atoms with van der Waals surface area (Å²) in [6.07, 6.45) is 5.20. The summed E-state index contributed by atoms with van der Waals surface area (Å²) in [7, 11) is 2.22. The molecule has 1 N–H and O–H groups in total. The minimum atomic E-state index is 0.855. The third-order valence-electron chi connectivity index (χ3n) is 4.25. The summed E-state index contributed by atoms with van der Waals surface area (Å²) in [5.74, 6) is 0.855. The molecule has 1 aromatic rings. The molecular formula is C15H22N2. The number of hydrogen-bond acceptors (Lipinski definition) is 2. The van der Waals surface area contributed by atoms with Crippen molar-refractivity contribution in [2.24, 2.45) is 5.92 Å². The summed E-state index contributed by atoms with van der Waals surface area (Å²) in [6.45, 7) is 3.63. The summed E-state index contributed by atoms with van der Waals surface area (Å²) in [5, 5.41) is 3.47. The van der Waals surface area contributed by atoms with Crippen LogP contribution in [0.5, 0.6) is 0 Å². The van der Waals surface area contributed by atoms with Crippen LogP contribution in [-0.2, 0) is 12.8 Å². The highest BCUT2D eigenvalue weighted by atomic mass is 15.1. The average molecular weight is 230 g/mol. The van der Waals surface area contributed by atoms with E-state index in [4.69, 9.17) is 0 Å². The van der Waals surface area contributed by atoms with Gasteiger partial charge in [-0.25, -0.2) is 0 Å². The van der Waals surface area contributed by atoms with E-state index >= 15 is 0 Å². The zero-order chi connectivity index (χ0) is 11.7. The number of fused-ring (bicyclic) bond motifs is 1. The van der Waals surface area contributed by atoms with Crippen molar-refractivity contribution in [3.05, 3.63) is 29.3 Å². The minimum absolute atomic E-state index is 0.855. The fourth-order valence-electron chi connectivity index (χ4n) is 3.27. The van der Waals surface area contributed by atoms with Crippen molar-refractivity contribution >= 4 is 5.69 Å². The van der Waals surface area contributed by atoms with E-state index in [0.717, 1.165) is 5.92 Å². The lowest BCUT2D eigenvalue weighted by Crippen LogP contribution is -2.25. The van der Waals surface area contributed by atoms with Crippen LogP contribution in [0.15, 0.2) is 18.2 Å². The first-order chi connectivity index (χ1) is 8.34. The number of nitrogens with zero attached hydrogens (tertiary/aromatic N) is 1. The molecule has 0 bridgehead atoms. The van der Waals surface area contributed by atoms with Crippen LogP contribution in [0.3, 0.4) is 0 Å². The Morgan fingerprint density at radius 3 is 3.18 bits per heavy atom. The molecule has 1 saturated heterocycles. The van der Waals surface area contributed by atoms with E-state index in [0.29, 0.717) is 0 Å². The summed E-state index contributed by atoms with van der Waals surface area (Å²) < 4.78 is 0. The van der Waals surface area contributed by atoms with Gasteiger partial charge >= 0.3 is 0 Å². The highest BCUT2D eigenvalue weighted by molar-refractivity contribution is 5.58. The lowest BCUT2D eigenvalue weighted by molar-refractivity contribution is 0.574. The lowest BCUT2D eigenvalue weighted by atomic mass is 9.90. The Morgan fingerprint density at radius 2 is 2.35 bits per heavy atom. The number of hydrogen-bond donors (Lipinski definition) is 1. The van der Waals surface area contributed by atoms with Gasteiger partial charge in [0.05, 0.1) is 0 Å². The van der Waals surface area contributed by atoms with Crippen molar-refractivity contribution in [3.8, 4) is 0 Å². The van der Waals surface area contributed by atoms with Crippen molar-refractivity contribution in [1.29, 1.82) is 0 Å². The number of anilines is 1. The number of nitrogens with one attached hydrogen (secondary N) is 1. The van der Waals surface area contributed by atoms with Crippen LogP contribution < -0.4 is 10.2 Å². The molecular weight excluding hydrogens is 208 g/mol. The van der Waals surface area contributed by atoms with Crippen LogP contribution in [-0.4, -0.2) is 26.7 Å². The van der Waals surface area contributed by atoms with Crippen LogP contribution in [0.25, 0.3) is 0 Å². The second-order valence-electron chi connectivity index (χ2n) is 5.50. The van der Waals surface area contributed by atoms with E-state index in [1.165, 1.54) is 51.0 Å². The maximum atomic E-state index is 3.47. The molecule has 2 aliphatic heterocycles. The summed E-state index contributed by atoms with van der Waals surface area (Å²) in [4.78, 5) is 2.41. The average Bonchev–Trinajstić information content (AvgIpc) is 2.83. The van der Waals surface area contributed by atoms with Gasteiger partial charge in [-0.2, -0.15) is 0 Å². The van der Waals surface area contributed by atoms with Gasteiger partial charge in [-0.05, 0) is 61.9 Å². The Bertz CT molecular complexity index is 394. The summed E-state index contributed by atoms with van der Waals surface area (Å²) in [5.41, 5.74) is 4.69. The topological polar surface area (TPSA) is 15.3 Å². The molecule has 0 radical (unpaired) electrons. The van der Waals surface area contributed by atoms with Crippen molar-refractivity contribution in [3.63, 3.8) is 0 Å². The van der Waals surface area contributed by atoms with Crippen LogP contribution >= 0.6 is 0 Å². The largest absolute Gasteiger partial charge is 0.374 e. The minimum Gasteiger partial charge on any atom is -0.374 e. The van der Waals surface area contributed by atoms with Gasteiger partial charge in [0, 0.05) is 19.3 Å². The second kappa shape index (κ2) is 4.69. The molecule has 0 amide bonds. The van der Waals surface area contributed by atoms with E-state index in [1.54, 1.807) is 11.1 Å². The van der Waals surface area contributed by atoms with E-state index < -0.39 is 0 Å². The Morgan fingerprint density at radius 1 is 1.41 bits per heavy atom. The monoisotopic (exact) mass is 230 g/mol. The predicted octanol–water partition coefficient (Wildman–Crippen LogP) is 2.22. The van der Waals surface area contributed by atoms with E-state index in [1.807, 2.05) is 0 Å². The molecule has 3 rings (SSSR count). The molecule has 17 heavy (non-hydrogen) atoms. The molecule has 0 spiro atoms. The van der Waals surface area contributed by atoms with E-state index in [-0.39, 0.29) is 0 Å². The first-order valence-corrected chi connectivity index (χ1v) is 6.87. The van der Waals surface area contributed by atoms with Crippen molar-refractivity contribution < 1.29 is 0 Å². The maximum Gasteiger partial charge on any atom is 0.0398 e. The van der Waals surface area contributed by atoms with Gasteiger partial charge < -0.3 is 10.2 Å². The van der Waals surface area contributed by atoms with Crippen LogP contribution in [0.2, 0.25) is 0 Å². The molecule has 0 aromatic heterocycles. The molecule has 1 atom stereocenters. The molecule has 2 heteroatoms. The van der Waals surface area contributed by atoms with Gasteiger partial charge in [0.1, 0.15) is 0 Å². The SMILES string of the molecule is CN1CCCc2c(CC3CCNC3)cccc21. The third-order valence-corrected chi connectivity index (χ3v) is 4.25. The Labute approximate surface area is 104 Å². The van der Waals surface area contributed by atoms with Gasteiger partial charge in [-0.15, -0.1) is 0 Å². The van der Waals surface area contributed by atoms with Crippen molar-refractivity contribution in [2.75, 3.05) is 31.6 Å². The van der Waals surface area contributed by atoms with Gasteiger partial charge in [0.2, 0.25) is 0 Å². The Hall–Kier alpha value is -1.02. The first-order valence-electron chi connectivity index (χ1n) is 6.87. The molecule has 2 heterocycles. The summed E-state index contributed by atoms with van der Waals surface area (Å²) >= 11 is 0. The molecule has 1 unspecified atom stereocenters. The molecule has 1 fully saturated rings. The quantitative estimate of drug-likeness (QED) is 0.838. The maximum absolute atomic E-state index is 3.47. The molecule has 1 aromatic carbocycles. The fourth-order valence-corrected chi connectivity index (χ4v) is 3.27. The number of benzene rings is 1. The molecule has 92 valence electrons. The highest BCUT2D eigenvalue weighted by Crippen LogP contribution is 2.30. The predicted molar refractivity (Wildman–Crippen MR) is 72.7 cm³/mol. The van der Waals surface area contributed by atoms with Gasteiger partial charge in [0.25, 0.3) is 0 Å². The van der Waals surface area contributed by atoms with Gasteiger partial charge in [0.15, 0.2) is 0 Å². The lowest BCUT2D eigenvalue weighted by Gasteiger charge is -2.29. The van der Waals surface area contributed by atoms with Crippen molar-refractivity contribution in [2.45, 2.75) is 25.7 Å². The Kier molecular flexibility index (Phi) is 3.06. The third kappa shape index (κ3) is 2.19. The van der Waals surface area contributed by atoms with E-state index in [2.05, 4.69) is 35.5 Å². The molecule has 0 saturated carbocycles. The summed E-state index contributed by atoms with van der Waals surface area (Å²) in [6, 6.07) is 6.86. The van der Waals surface area contributed by atoms with Crippen LogP contribution in [0, 0.1) is 5.92 Å². The first kappa shape index (κ1) is 11.1. The smallest absolute Gasteiger partial charge is 0.0398 e. The van der Waals surface area contributed by atoms with Gasteiger partial charge in [-0.3, -0.25) is 0 Å². The van der Waals surface area contributed by atoms with Gasteiger partial charge in [-0.1, -0.05) is 12.1 Å². The number of rotatable bonds is 2. The molecule has 0 aliphatic carbocycles. The molecule has 2 nitrogen and oxygen atoms in total. The van der Waals surface area contributed by atoms with Crippen molar-refractivity contribution in [1.82, 2.24) is 5.32 Å². The Balaban J connectivity index is 1.86. The van der Waals surface area contributed by atoms with E-state index in [9.17, 15) is 0 Å². The highest BCUT2D eigenvalue weighted by Gasteiger charge is 2.20. The molecule has 2 aliphatic rings.